The Morgan fingerprint density at radius 2 is 1.90 bits per heavy atom. The predicted octanol–water partition coefficient (Wildman–Crippen LogP) is 3.39. The second kappa shape index (κ2) is 6.27. The lowest BCUT2D eigenvalue weighted by Gasteiger charge is -2.27. The minimum Gasteiger partial charge on any atom is -0.349 e. The Hall–Kier alpha value is -1.87. The van der Waals surface area contributed by atoms with Gasteiger partial charge in [0.2, 0.25) is 5.91 Å². The smallest absolute Gasteiger partial charge is 0.227 e. The van der Waals surface area contributed by atoms with Crippen molar-refractivity contribution in [1.82, 2.24) is 5.32 Å². The molecule has 0 aliphatic rings. The zero-order valence-electron chi connectivity index (χ0n) is 13.0. The lowest BCUT2D eigenvalue weighted by atomic mass is 9.86. The van der Waals surface area contributed by atoms with Crippen LogP contribution >= 0.6 is 0 Å². The van der Waals surface area contributed by atoms with Crippen molar-refractivity contribution < 1.29 is 4.79 Å². The highest BCUT2D eigenvalue weighted by Gasteiger charge is 2.30. The number of rotatable bonds is 5. The first kappa shape index (κ1) is 15.5. The topological polar surface area (TPSA) is 55.1 Å². The summed E-state index contributed by atoms with van der Waals surface area (Å²) in [5.74, 6) is 0.0212. The van der Waals surface area contributed by atoms with Gasteiger partial charge in [-0.15, -0.1) is 0 Å². The molecule has 0 saturated carbocycles. The third-order valence-electron chi connectivity index (χ3n) is 4.42. The molecule has 0 heterocycles. The van der Waals surface area contributed by atoms with Crippen LogP contribution < -0.4 is 11.1 Å². The van der Waals surface area contributed by atoms with E-state index < -0.39 is 5.41 Å². The molecule has 2 unspecified atom stereocenters. The molecule has 0 radical (unpaired) electrons. The van der Waals surface area contributed by atoms with Crippen LogP contribution in [0.15, 0.2) is 42.5 Å². The number of carbonyl (C=O) groups excluding carboxylic acids is 1. The van der Waals surface area contributed by atoms with E-state index in [1.165, 1.54) is 10.8 Å². The summed E-state index contributed by atoms with van der Waals surface area (Å²) in [6.45, 7) is 6.29. The molecule has 1 amide bonds. The van der Waals surface area contributed by atoms with Crippen molar-refractivity contribution in [3.05, 3.63) is 48.0 Å². The maximum atomic E-state index is 12.5. The van der Waals surface area contributed by atoms with Crippen molar-refractivity contribution in [3.8, 4) is 0 Å². The molecule has 0 saturated heterocycles. The molecule has 3 nitrogen and oxygen atoms in total. The summed E-state index contributed by atoms with van der Waals surface area (Å²) < 4.78 is 0. The van der Waals surface area contributed by atoms with Gasteiger partial charge < -0.3 is 11.1 Å². The van der Waals surface area contributed by atoms with E-state index in [1.807, 2.05) is 39.0 Å². The fourth-order valence-corrected chi connectivity index (χ4v) is 2.47. The lowest BCUT2D eigenvalue weighted by Crippen LogP contribution is -2.44. The molecule has 112 valence electrons. The summed E-state index contributed by atoms with van der Waals surface area (Å²) >= 11 is 0. The first-order valence-electron chi connectivity index (χ1n) is 7.50. The molecule has 0 bridgehead atoms. The lowest BCUT2D eigenvalue weighted by molar-refractivity contribution is -0.130. The molecule has 0 aliphatic carbocycles. The van der Waals surface area contributed by atoms with Gasteiger partial charge in [-0.1, -0.05) is 49.4 Å². The van der Waals surface area contributed by atoms with Crippen LogP contribution in [0, 0.1) is 5.41 Å². The molecule has 0 spiro atoms. The Balaban J connectivity index is 2.27. The van der Waals surface area contributed by atoms with Crippen LogP contribution in [-0.2, 0) is 4.79 Å². The van der Waals surface area contributed by atoms with E-state index in [2.05, 4.69) is 29.6 Å². The normalized spacial score (nSPS) is 15.4. The number of carbonyl (C=O) groups is 1. The van der Waals surface area contributed by atoms with Crippen molar-refractivity contribution in [2.75, 3.05) is 6.54 Å². The molecule has 3 N–H and O–H groups in total. The summed E-state index contributed by atoms with van der Waals surface area (Å²) in [5.41, 5.74) is 6.40. The van der Waals surface area contributed by atoms with E-state index >= 15 is 0 Å². The molecular weight excluding hydrogens is 260 g/mol. The summed E-state index contributed by atoms with van der Waals surface area (Å²) in [4.78, 5) is 12.5. The van der Waals surface area contributed by atoms with Crippen LogP contribution in [0.2, 0.25) is 0 Å². The maximum absolute atomic E-state index is 12.5. The summed E-state index contributed by atoms with van der Waals surface area (Å²) in [6, 6.07) is 14.4. The van der Waals surface area contributed by atoms with Gasteiger partial charge in [0, 0.05) is 6.54 Å². The van der Waals surface area contributed by atoms with Gasteiger partial charge in [-0.05, 0) is 36.6 Å². The van der Waals surface area contributed by atoms with Gasteiger partial charge in [0.05, 0.1) is 11.5 Å². The molecular formula is C18H24N2O. The highest BCUT2D eigenvalue weighted by atomic mass is 16.2. The Kier molecular flexibility index (Phi) is 4.63. The summed E-state index contributed by atoms with van der Waals surface area (Å²) in [6.07, 6.45) is 0.734. The molecule has 2 aromatic carbocycles. The number of nitrogens with two attached hydrogens (primary N) is 1. The average Bonchev–Trinajstić information content (AvgIpc) is 2.53. The molecule has 0 aliphatic heterocycles. The van der Waals surface area contributed by atoms with E-state index in [0.29, 0.717) is 6.54 Å². The fraction of sp³-hybridized carbons (Fsp3) is 0.389. The van der Waals surface area contributed by atoms with Crippen molar-refractivity contribution in [3.63, 3.8) is 0 Å². The number of hydrogen-bond acceptors (Lipinski definition) is 2. The van der Waals surface area contributed by atoms with Crippen LogP contribution in [0.25, 0.3) is 10.8 Å². The van der Waals surface area contributed by atoms with Gasteiger partial charge in [0.15, 0.2) is 0 Å². The van der Waals surface area contributed by atoms with E-state index in [-0.39, 0.29) is 11.9 Å². The first-order valence-corrected chi connectivity index (χ1v) is 7.50. The zero-order valence-corrected chi connectivity index (χ0v) is 13.0. The van der Waals surface area contributed by atoms with Crippen LogP contribution in [0.4, 0.5) is 0 Å². The Morgan fingerprint density at radius 3 is 2.57 bits per heavy atom. The Bertz CT molecular complexity index is 627. The molecule has 2 atom stereocenters. The van der Waals surface area contributed by atoms with Crippen LogP contribution in [0.1, 0.15) is 38.8 Å². The molecule has 2 rings (SSSR count). The minimum atomic E-state index is -0.501. The standard InChI is InChI=1S/C18H24N2O/c1-4-18(3,12-19)17(21)20-13(2)15-11-7-9-14-8-5-6-10-16(14)15/h5-11,13H,4,12,19H2,1-3H3,(H,20,21). The van der Waals surface area contributed by atoms with E-state index in [0.717, 1.165) is 12.0 Å². The maximum Gasteiger partial charge on any atom is 0.227 e. The zero-order chi connectivity index (χ0) is 15.5. The Labute approximate surface area is 126 Å². The van der Waals surface area contributed by atoms with Crippen molar-refractivity contribution in [2.45, 2.75) is 33.2 Å². The number of benzene rings is 2. The predicted molar refractivity (Wildman–Crippen MR) is 88.0 cm³/mol. The number of nitrogens with one attached hydrogen (secondary N) is 1. The first-order chi connectivity index (χ1) is 10.0. The van der Waals surface area contributed by atoms with E-state index in [1.54, 1.807) is 0 Å². The van der Waals surface area contributed by atoms with Crippen LogP contribution in [0.3, 0.4) is 0 Å². The van der Waals surface area contributed by atoms with Crippen LogP contribution in [-0.4, -0.2) is 12.5 Å². The van der Waals surface area contributed by atoms with Gasteiger partial charge >= 0.3 is 0 Å². The molecule has 0 fully saturated rings. The number of fused-ring (bicyclic) bond motifs is 1. The third-order valence-corrected chi connectivity index (χ3v) is 4.42. The van der Waals surface area contributed by atoms with Gasteiger partial charge in [0.1, 0.15) is 0 Å². The molecule has 3 heteroatoms. The average molecular weight is 284 g/mol. The molecule has 2 aromatic rings. The highest BCUT2D eigenvalue weighted by molar-refractivity contribution is 5.87. The second-order valence-corrected chi connectivity index (χ2v) is 5.88. The minimum absolute atomic E-state index is 0.0212. The molecule has 21 heavy (non-hydrogen) atoms. The highest BCUT2D eigenvalue weighted by Crippen LogP contribution is 2.26. The van der Waals surface area contributed by atoms with Crippen molar-refractivity contribution in [2.24, 2.45) is 11.1 Å². The van der Waals surface area contributed by atoms with Crippen LogP contribution in [0.5, 0.6) is 0 Å². The van der Waals surface area contributed by atoms with Gasteiger partial charge in [-0.25, -0.2) is 0 Å². The van der Waals surface area contributed by atoms with Gasteiger partial charge in [-0.2, -0.15) is 0 Å². The Morgan fingerprint density at radius 1 is 1.24 bits per heavy atom. The number of hydrogen-bond donors (Lipinski definition) is 2. The molecule has 0 aromatic heterocycles. The van der Waals surface area contributed by atoms with E-state index in [9.17, 15) is 4.79 Å². The van der Waals surface area contributed by atoms with Crippen molar-refractivity contribution >= 4 is 16.7 Å². The summed E-state index contributed by atoms with van der Waals surface area (Å²) in [7, 11) is 0. The third kappa shape index (κ3) is 3.08. The second-order valence-electron chi connectivity index (χ2n) is 5.88. The number of amides is 1. The van der Waals surface area contributed by atoms with E-state index in [4.69, 9.17) is 5.73 Å². The van der Waals surface area contributed by atoms with Crippen molar-refractivity contribution in [1.29, 1.82) is 0 Å². The largest absolute Gasteiger partial charge is 0.349 e. The van der Waals surface area contributed by atoms with Gasteiger partial charge in [-0.3, -0.25) is 4.79 Å². The fourth-order valence-electron chi connectivity index (χ4n) is 2.47. The SMILES string of the molecule is CCC(C)(CN)C(=O)NC(C)c1cccc2ccccc12. The van der Waals surface area contributed by atoms with Gasteiger partial charge in [0.25, 0.3) is 0 Å². The quantitative estimate of drug-likeness (QED) is 0.884. The summed E-state index contributed by atoms with van der Waals surface area (Å²) in [5, 5.41) is 5.48. The monoisotopic (exact) mass is 284 g/mol.